The fraction of sp³-hybridized carbons (Fsp3) is 0.200. The van der Waals surface area contributed by atoms with Gasteiger partial charge in [-0.25, -0.2) is 0 Å². The molecule has 2 aromatic rings. The van der Waals surface area contributed by atoms with Crippen molar-refractivity contribution in [2.45, 2.75) is 13.8 Å². The van der Waals surface area contributed by atoms with Gasteiger partial charge in [0.05, 0.1) is 6.54 Å². The zero-order valence-electron chi connectivity index (χ0n) is 14.8. The molecule has 0 radical (unpaired) electrons. The number of hydrogen-bond acceptors (Lipinski definition) is 2. The van der Waals surface area contributed by atoms with Gasteiger partial charge in [0.1, 0.15) is 0 Å². The first-order valence-corrected chi connectivity index (χ1v) is 8.78. The van der Waals surface area contributed by atoms with E-state index < -0.39 is 0 Å². The fourth-order valence-corrected chi connectivity index (χ4v) is 2.78. The largest absolute Gasteiger partial charge is 0.333 e. The van der Waals surface area contributed by atoms with Crippen LogP contribution in [0, 0.1) is 13.8 Å². The van der Waals surface area contributed by atoms with E-state index in [1.807, 2.05) is 32.0 Å². The van der Waals surface area contributed by atoms with Crippen molar-refractivity contribution in [1.29, 1.82) is 0 Å². The van der Waals surface area contributed by atoms with Gasteiger partial charge in [0, 0.05) is 28.9 Å². The van der Waals surface area contributed by atoms with E-state index in [0.717, 1.165) is 16.8 Å². The minimum atomic E-state index is -0.308. The second-order valence-electron chi connectivity index (χ2n) is 6.01. The van der Waals surface area contributed by atoms with Gasteiger partial charge in [0.2, 0.25) is 11.8 Å². The Labute approximate surface area is 163 Å². The number of hydrogen-bond donors (Lipinski definition) is 1. The zero-order valence-corrected chi connectivity index (χ0v) is 16.4. The van der Waals surface area contributed by atoms with Gasteiger partial charge in [0.15, 0.2) is 0 Å². The Morgan fingerprint density at radius 2 is 1.77 bits per heavy atom. The Hall–Kier alpha value is -2.30. The Balaban J connectivity index is 1.99. The fourth-order valence-electron chi connectivity index (χ4n) is 2.41. The number of anilines is 1. The Bertz CT molecular complexity index is 843. The maximum absolute atomic E-state index is 12.2. The lowest BCUT2D eigenvalue weighted by Crippen LogP contribution is -2.34. The molecule has 0 atom stereocenters. The van der Waals surface area contributed by atoms with Gasteiger partial charge >= 0.3 is 0 Å². The van der Waals surface area contributed by atoms with Crippen molar-refractivity contribution in [2.75, 3.05) is 18.9 Å². The highest BCUT2D eigenvalue weighted by atomic mass is 35.5. The van der Waals surface area contributed by atoms with Crippen LogP contribution in [0.5, 0.6) is 0 Å². The summed E-state index contributed by atoms with van der Waals surface area (Å²) in [6.07, 6.45) is 2.94. The number of halogens is 2. The molecule has 0 aromatic heterocycles. The van der Waals surface area contributed by atoms with Crippen molar-refractivity contribution in [1.82, 2.24) is 4.90 Å². The SMILES string of the molecule is Cc1cccc(C)c1NC(=O)CN(C)C(=O)/C=C/c1cc(Cl)ccc1Cl. The molecule has 0 aliphatic carbocycles. The second-order valence-corrected chi connectivity index (χ2v) is 6.85. The molecule has 6 heteroatoms. The maximum atomic E-state index is 12.2. The quantitative estimate of drug-likeness (QED) is 0.750. The Morgan fingerprint density at radius 3 is 2.42 bits per heavy atom. The molecule has 4 nitrogen and oxygen atoms in total. The molecule has 0 unspecified atom stereocenters. The molecule has 0 aliphatic rings. The number of carbonyl (C=O) groups excluding carboxylic acids is 2. The van der Waals surface area contributed by atoms with Crippen LogP contribution in [0.25, 0.3) is 6.08 Å². The maximum Gasteiger partial charge on any atom is 0.246 e. The first kappa shape index (κ1) is 20.0. The number of likely N-dealkylation sites (N-methyl/N-ethyl adjacent to an activating group) is 1. The van der Waals surface area contributed by atoms with E-state index in [0.29, 0.717) is 15.6 Å². The molecular weight excluding hydrogens is 371 g/mol. The van der Waals surface area contributed by atoms with Gasteiger partial charge in [-0.1, -0.05) is 41.4 Å². The van der Waals surface area contributed by atoms with Crippen LogP contribution < -0.4 is 5.32 Å². The van der Waals surface area contributed by atoms with Crippen molar-refractivity contribution in [3.05, 3.63) is 69.2 Å². The molecule has 0 spiro atoms. The van der Waals surface area contributed by atoms with Crippen LogP contribution in [-0.2, 0) is 9.59 Å². The summed E-state index contributed by atoms with van der Waals surface area (Å²) in [7, 11) is 1.57. The first-order chi connectivity index (χ1) is 12.3. The average molecular weight is 391 g/mol. The Morgan fingerprint density at radius 1 is 1.12 bits per heavy atom. The molecule has 136 valence electrons. The summed E-state index contributed by atoms with van der Waals surface area (Å²) in [5.74, 6) is -0.565. The third-order valence-corrected chi connectivity index (χ3v) is 4.45. The molecule has 26 heavy (non-hydrogen) atoms. The zero-order chi connectivity index (χ0) is 19.3. The van der Waals surface area contributed by atoms with Crippen LogP contribution in [-0.4, -0.2) is 30.3 Å². The van der Waals surface area contributed by atoms with Crippen LogP contribution in [0.1, 0.15) is 16.7 Å². The van der Waals surface area contributed by atoms with Crippen LogP contribution in [0.15, 0.2) is 42.5 Å². The molecule has 2 aromatic carbocycles. The number of nitrogens with one attached hydrogen (secondary N) is 1. The van der Waals surface area contributed by atoms with Gasteiger partial charge in [-0.3, -0.25) is 9.59 Å². The van der Waals surface area contributed by atoms with E-state index in [1.165, 1.54) is 11.0 Å². The van der Waals surface area contributed by atoms with Gasteiger partial charge < -0.3 is 10.2 Å². The summed E-state index contributed by atoms with van der Waals surface area (Å²) >= 11 is 12.0. The minimum absolute atomic E-state index is 0.0553. The lowest BCUT2D eigenvalue weighted by atomic mass is 10.1. The predicted molar refractivity (Wildman–Crippen MR) is 108 cm³/mol. The number of benzene rings is 2. The molecule has 0 bridgehead atoms. The smallest absolute Gasteiger partial charge is 0.246 e. The lowest BCUT2D eigenvalue weighted by molar-refractivity contribution is -0.129. The van der Waals surface area contributed by atoms with Gasteiger partial charge in [-0.05, 0) is 54.8 Å². The molecule has 2 rings (SSSR count). The van der Waals surface area contributed by atoms with E-state index in [2.05, 4.69) is 5.32 Å². The second kappa shape index (κ2) is 8.88. The highest BCUT2D eigenvalue weighted by molar-refractivity contribution is 6.34. The highest BCUT2D eigenvalue weighted by Crippen LogP contribution is 2.22. The third-order valence-electron chi connectivity index (χ3n) is 3.87. The van der Waals surface area contributed by atoms with Crippen molar-refractivity contribution in [3.63, 3.8) is 0 Å². The predicted octanol–water partition coefficient (Wildman–Crippen LogP) is 4.72. The third kappa shape index (κ3) is 5.35. The summed E-state index contributed by atoms with van der Waals surface area (Å²) in [5.41, 5.74) is 3.37. The highest BCUT2D eigenvalue weighted by Gasteiger charge is 2.13. The van der Waals surface area contributed by atoms with Gasteiger partial charge in [-0.2, -0.15) is 0 Å². The Kier molecular flexibility index (Phi) is 6.83. The molecule has 0 heterocycles. The summed E-state index contributed by atoms with van der Waals surface area (Å²) in [4.78, 5) is 25.8. The lowest BCUT2D eigenvalue weighted by Gasteiger charge is -2.16. The number of rotatable bonds is 5. The molecule has 0 fully saturated rings. The number of nitrogens with zero attached hydrogens (tertiary/aromatic N) is 1. The summed E-state index contributed by atoms with van der Waals surface area (Å²) in [6, 6.07) is 10.8. The van der Waals surface area contributed by atoms with Gasteiger partial charge in [-0.15, -0.1) is 0 Å². The van der Waals surface area contributed by atoms with Crippen molar-refractivity contribution >= 4 is 46.8 Å². The van der Waals surface area contributed by atoms with E-state index in [-0.39, 0.29) is 18.4 Å². The molecule has 0 saturated carbocycles. The van der Waals surface area contributed by atoms with Crippen molar-refractivity contribution in [2.24, 2.45) is 0 Å². The standard InChI is InChI=1S/C20H20Cl2N2O2/c1-13-5-4-6-14(2)20(13)23-18(25)12-24(3)19(26)10-7-15-11-16(21)8-9-17(15)22/h4-11H,12H2,1-3H3,(H,23,25)/b10-7+. The molecule has 0 saturated heterocycles. The van der Waals surface area contributed by atoms with Gasteiger partial charge in [0.25, 0.3) is 0 Å². The van der Waals surface area contributed by atoms with Crippen LogP contribution >= 0.6 is 23.2 Å². The molecule has 0 aliphatic heterocycles. The molecular formula is C20H20Cl2N2O2. The van der Waals surface area contributed by atoms with Crippen LogP contribution in [0.4, 0.5) is 5.69 Å². The summed E-state index contributed by atoms with van der Waals surface area (Å²) in [5, 5.41) is 3.88. The minimum Gasteiger partial charge on any atom is -0.333 e. The topological polar surface area (TPSA) is 49.4 Å². The average Bonchev–Trinajstić information content (AvgIpc) is 2.58. The van der Waals surface area contributed by atoms with E-state index in [9.17, 15) is 9.59 Å². The number of aryl methyl sites for hydroxylation is 2. The van der Waals surface area contributed by atoms with Crippen LogP contribution in [0.2, 0.25) is 10.0 Å². The number of carbonyl (C=O) groups is 2. The first-order valence-electron chi connectivity index (χ1n) is 8.02. The van der Waals surface area contributed by atoms with E-state index >= 15 is 0 Å². The number of amides is 2. The van der Waals surface area contributed by atoms with Crippen LogP contribution in [0.3, 0.4) is 0 Å². The molecule has 1 N–H and O–H groups in total. The summed E-state index contributed by atoms with van der Waals surface area (Å²) in [6.45, 7) is 3.80. The van der Waals surface area contributed by atoms with E-state index in [1.54, 1.807) is 31.3 Å². The van der Waals surface area contributed by atoms with Crippen molar-refractivity contribution in [3.8, 4) is 0 Å². The monoisotopic (exact) mass is 390 g/mol. The summed E-state index contributed by atoms with van der Waals surface area (Å²) < 4.78 is 0. The molecule has 2 amide bonds. The van der Waals surface area contributed by atoms with E-state index in [4.69, 9.17) is 23.2 Å². The normalized spacial score (nSPS) is 10.8. The number of para-hydroxylation sites is 1. The van der Waals surface area contributed by atoms with Crippen molar-refractivity contribution < 1.29 is 9.59 Å².